The molecule has 0 radical (unpaired) electrons. The van der Waals surface area contributed by atoms with Gasteiger partial charge < -0.3 is 5.32 Å². The molecule has 2 N–H and O–H groups in total. The monoisotopic (exact) mass is 354 g/mol. The van der Waals surface area contributed by atoms with Gasteiger partial charge in [0.1, 0.15) is 5.84 Å². The quantitative estimate of drug-likeness (QED) is 0.869. The van der Waals surface area contributed by atoms with Crippen molar-refractivity contribution in [3.05, 3.63) is 59.7 Å². The second kappa shape index (κ2) is 6.75. The summed E-state index contributed by atoms with van der Waals surface area (Å²) < 4.78 is 26.3. The van der Waals surface area contributed by atoms with Gasteiger partial charge in [-0.25, -0.2) is 8.42 Å². The van der Waals surface area contributed by atoms with E-state index in [1.54, 1.807) is 42.5 Å². The van der Waals surface area contributed by atoms with Crippen molar-refractivity contribution in [1.82, 2.24) is 4.72 Å². The van der Waals surface area contributed by atoms with E-state index in [-0.39, 0.29) is 29.6 Å². The molecular formula is C17H14N4O3S. The lowest BCUT2D eigenvalue weighted by atomic mass is 10.2. The average molecular weight is 354 g/mol. The lowest BCUT2D eigenvalue weighted by Crippen LogP contribution is -2.23. The van der Waals surface area contributed by atoms with E-state index in [0.29, 0.717) is 16.8 Å². The fourth-order valence-electron chi connectivity index (χ4n) is 2.37. The van der Waals surface area contributed by atoms with Crippen LogP contribution in [0.1, 0.15) is 17.5 Å². The van der Waals surface area contributed by atoms with Crippen molar-refractivity contribution in [2.75, 3.05) is 11.9 Å². The highest BCUT2D eigenvalue weighted by molar-refractivity contribution is 7.90. The molecule has 25 heavy (non-hydrogen) atoms. The number of amidine groups is 1. The third kappa shape index (κ3) is 3.67. The van der Waals surface area contributed by atoms with E-state index in [2.05, 4.69) is 15.0 Å². The second-order valence-corrected chi connectivity index (χ2v) is 6.97. The zero-order valence-electron chi connectivity index (χ0n) is 13.1. The molecule has 0 saturated heterocycles. The van der Waals surface area contributed by atoms with Gasteiger partial charge in [-0.3, -0.25) is 14.5 Å². The van der Waals surface area contributed by atoms with Crippen molar-refractivity contribution >= 4 is 27.5 Å². The fraction of sp³-hybridized carbons (Fsp3) is 0.118. The number of nitrogens with zero attached hydrogens (tertiary/aromatic N) is 2. The van der Waals surface area contributed by atoms with Crippen LogP contribution in [0.15, 0.2) is 58.4 Å². The molecule has 0 atom stereocenters. The minimum atomic E-state index is -3.57. The van der Waals surface area contributed by atoms with Gasteiger partial charge in [0.15, 0.2) is 0 Å². The number of rotatable bonds is 4. The van der Waals surface area contributed by atoms with Crippen molar-refractivity contribution in [2.45, 2.75) is 11.3 Å². The minimum absolute atomic E-state index is 0.105. The highest BCUT2D eigenvalue weighted by Gasteiger charge is 2.29. The zero-order chi connectivity index (χ0) is 17.9. The SMILES string of the molecule is N#Cc1ccc(NC(=O)CCN=C2NS(=O)(=O)c3ccccc32)cc1. The Morgan fingerprint density at radius 3 is 2.60 bits per heavy atom. The molecule has 0 fully saturated rings. The molecule has 0 aromatic heterocycles. The summed E-state index contributed by atoms with van der Waals surface area (Å²) in [6.07, 6.45) is 0.105. The molecule has 1 aliphatic heterocycles. The molecule has 3 rings (SSSR count). The predicted octanol–water partition coefficient (Wildman–Crippen LogP) is 1.63. The Hall–Kier alpha value is -3.18. The Morgan fingerprint density at radius 2 is 1.88 bits per heavy atom. The summed E-state index contributed by atoms with van der Waals surface area (Å²) in [7, 11) is -3.57. The number of carbonyl (C=O) groups excluding carboxylic acids is 1. The number of hydrogen-bond acceptors (Lipinski definition) is 5. The number of aliphatic imine (C=N–C) groups is 1. The first-order valence-electron chi connectivity index (χ1n) is 7.46. The molecule has 2 aromatic carbocycles. The molecule has 126 valence electrons. The van der Waals surface area contributed by atoms with E-state index < -0.39 is 10.0 Å². The summed E-state index contributed by atoms with van der Waals surface area (Å²) in [4.78, 5) is 16.3. The Labute approximate surface area is 145 Å². The van der Waals surface area contributed by atoms with Crippen LogP contribution in [0.2, 0.25) is 0 Å². The van der Waals surface area contributed by atoms with Gasteiger partial charge in [0.2, 0.25) is 5.91 Å². The van der Waals surface area contributed by atoms with Gasteiger partial charge >= 0.3 is 0 Å². The molecule has 0 bridgehead atoms. The molecule has 7 nitrogen and oxygen atoms in total. The van der Waals surface area contributed by atoms with Gasteiger partial charge in [-0.2, -0.15) is 5.26 Å². The number of hydrogen-bond donors (Lipinski definition) is 2. The fourth-order valence-corrected chi connectivity index (χ4v) is 3.62. The predicted molar refractivity (Wildman–Crippen MR) is 92.6 cm³/mol. The number of sulfonamides is 1. The van der Waals surface area contributed by atoms with E-state index >= 15 is 0 Å². The van der Waals surface area contributed by atoms with Crippen molar-refractivity contribution in [3.63, 3.8) is 0 Å². The first-order chi connectivity index (χ1) is 12.0. The largest absolute Gasteiger partial charge is 0.326 e. The van der Waals surface area contributed by atoms with Crippen molar-refractivity contribution in [2.24, 2.45) is 4.99 Å². The maximum Gasteiger partial charge on any atom is 0.263 e. The van der Waals surface area contributed by atoms with Gasteiger partial charge in [-0.1, -0.05) is 12.1 Å². The highest BCUT2D eigenvalue weighted by Crippen LogP contribution is 2.22. The first-order valence-corrected chi connectivity index (χ1v) is 8.94. The number of carbonyl (C=O) groups is 1. The zero-order valence-corrected chi connectivity index (χ0v) is 13.9. The van der Waals surface area contributed by atoms with E-state index in [9.17, 15) is 13.2 Å². The molecule has 1 heterocycles. The first kappa shape index (κ1) is 16.7. The van der Waals surface area contributed by atoms with E-state index in [1.807, 2.05) is 6.07 Å². The lowest BCUT2D eigenvalue weighted by molar-refractivity contribution is -0.116. The lowest BCUT2D eigenvalue weighted by Gasteiger charge is -2.04. The Morgan fingerprint density at radius 1 is 1.16 bits per heavy atom. The maximum absolute atomic E-state index is 12.0. The van der Waals surface area contributed by atoms with Crippen molar-refractivity contribution < 1.29 is 13.2 Å². The van der Waals surface area contributed by atoms with Crippen LogP contribution in [0.25, 0.3) is 0 Å². The summed E-state index contributed by atoms with van der Waals surface area (Å²) in [6.45, 7) is 0.147. The molecule has 2 aromatic rings. The summed E-state index contributed by atoms with van der Waals surface area (Å²) in [5, 5.41) is 11.4. The third-order valence-corrected chi connectivity index (χ3v) is 4.97. The number of amides is 1. The Bertz CT molecular complexity index is 989. The molecule has 1 amide bonds. The molecule has 0 saturated carbocycles. The summed E-state index contributed by atoms with van der Waals surface area (Å²) in [5.74, 6) is 0.00460. The summed E-state index contributed by atoms with van der Waals surface area (Å²) in [5.41, 5.74) is 1.61. The molecular weight excluding hydrogens is 340 g/mol. The molecule has 8 heteroatoms. The number of benzene rings is 2. The van der Waals surface area contributed by atoms with Crippen LogP contribution < -0.4 is 10.0 Å². The van der Waals surface area contributed by atoms with Crippen LogP contribution in [0.4, 0.5) is 5.69 Å². The van der Waals surface area contributed by atoms with Gasteiger partial charge in [0.25, 0.3) is 10.0 Å². The van der Waals surface area contributed by atoms with Gasteiger partial charge in [0, 0.05) is 17.7 Å². The Kier molecular flexibility index (Phi) is 4.50. The molecule has 0 spiro atoms. The van der Waals surface area contributed by atoms with Gasteiger partial charge in [-0.05, 0) is 36.4 Å². The smallest absolute Gasteiger partial charge is 0.263 e. The average Bonchev–Trinajstić information content (AvgIpc) is 2.87. The normalized spacial score (nSPS) is 15.9. The molecule has 0 unspecified atom stereocenters. The minimum Gasteiger partial charge on any atom is -0.326 e. The second-order valence-electron chi connectivity index (χ2n) is 5.32. The van der Waals surface area contributed by atoms with Crippen LogP contribution in [-0.4, -0.2) is 26.7 Å². The topological polar surface area (TPSA) is 111 Å². The van der Waals surface area contributed by atoms with Crippen LogP contribution in [0, 0.1) is 11.3 Å². The van der Waals surface area contributed by atoms with E-state index in [4.69, 9.17) is 5.26 Å². The summed E-state index contributed by atoms with van der Waals surface area (Å²) >= 11 is 0. The van der Waals surface area contributed by atoms with Gasteiger partial charge in [-0.15, -0.1) is 0 Å². The van der Waals surface area contributed by atoms with Crippen molar-refractivity contribution in [1.29, 1.82) is 5.26 Å². The van der Waals surface area contributed by atoms with Crippen LogP contribution in [-0.2, 0) is 14.8 Å². The molecule has 0 aliphatic carbocycles. The van der Waals surface area contributed by atoms with E-state index in [1.165, 1.54) is 6.07 Å². The van der Waals surface area contributed by atoms with E-state index in [0.717, 1.165) is 0 Å². The van der Waals surface area contributed by atoms with Crippen LogP contribution in [0.5, 0.6) is 0 Å². The Balaban J connectivity index is 1.62. The number of nitriles is 1. The summed E-state index contributed by atoms with van der Waals surface area (Å²) in [6, 6.07) is 15.1. The third-order valence-electron chi connectivity index (χ3n) is 3.57. The van der Waals surface area contributed by atoms with Crippen LogP contribution in [0.3, 0.4) is 0 Å². The van der Waals surface area contributed by atoms with Crippen LogP contribution >= 0.6 is 0 Å². The van der Waals surface area contributed by atoms with Gasteiger partial charge in [0.05, 0.1) is 23.1 Å². The highest BCUT2D eigenvalue weighted by atomic mass is 32.2. The molecule has 1 aliphatic rings. The maximum atomic E-state index is 12.0. The van der Waals surface area contributed by atoms with Crippen molar-refractivity contribution in [3.8, 4) is 6.07 Å². The standard InChI is InChI=1S/C17H14N4O3S/c18-11-12-5-7-13(8-6-12)20-16(22)9-10-19-17-14-3-1-2-4-15(14)25(23,24)21-17/h1-8H,9-10H2,(H,19,21)(H,20,22). The number of anilines is 1. The number of fused-ring (bicyclic) bond motifs is 1. The number of nitrogens with one attached hydrogen (secondary N) is 2.